The van der Waals surface area contributed by atoms with Crippen molar-refractivity contribution >= 4 is 5.91 Å². The molecule has 0 aromatic heterocycles. The van der Waals surface area contributed by atoms with Crippen molar-refractivity contribution in [3.63, 3.8) is 0 Å². The Morgan fingerprint density at radius 3 is 2.91 bits per heavy atom. The molecule has 1 atom stereocenters. The van der Waals surface area contributed by atoms with E-state index in [2.05, 4.69) is 10.6 Å². The second-order valence-corrected chi connectivity index (χ2v) is 5.29. The number of hydrogen-bond donors (Lipinski definition) is 2. The fraction of sp³-hybridized carbons (Fsp3) is 0.167. The Morgan fingerprint density at radius 1 is 1.27 bits per heavy atom. The van der Waals surface area contributed by atoms with Crippen molar-refractivity contribution in [1.29, 1.82) is 0 Å². The van der Waals surface area contributed by atoms with Crippen molar-refractivity contribution in [2.75, 3.05) is 0 Å². The quantitative estimate of drug-likeness (QED) is 0.900. The largest absolute Gasteiger partial charge is 0.374 e. The van der Waals surface area contributed by atoms with Crippen LogP contribution in [-0.4, -0.2) is 11.9 Å². The van der Waals surface area contributed by atoms with Gasteiger partial charge < -0.3 is 10.6 Å². The number of rotatable bonds is 3. The van der Waals surface area contributed by atoms with Crippen LogP contribution < -0.4 is 10.6 Å². The molecule has 4 heteroatoms. The predicted octanol–water partition coefficient (Wildman–Crippen LogP) is 2.90. The number of carbonyl (C=O) groups excluding carboxylic acids is 1. The molecule has 0 fully saturated rings. The van der Waals surface area contributed by atoms with Gasteiger partial charge in [-0.15, -0.1) is 0 Å². The summed E-state index contributed by atoms with van der Waals surface area (Å²) in [6.07, 6.45) is 8.75. The number of allylic oxidation sites excluding steroid dienone is 6. The second-order valence-electron chi connectivity index (χ2n) is 5.29. The summed E-state index contributed by atoms with van der Waals surface area (Å²) in [5.74, 6) is -0.383. The van der Waals surface area contributed by atoms with Gasteiger partial charge in [-0.3, -0.25) is 4.79 Å². The van der Waals surface area contributed by atoms with E-state index in [4.69, 9.17) is 0 Å². The molecule has 0 saturated carbocycles. The third-order valence-corrected chi connectivity index (χ3v) is 3.65. The van der Waals surface area contributed by atoms with Crippen LogP contribution in [0.5, 0.6) is 0 Å². The first kappa shape index (κ1) is 14.3. The summed E-state index contributed by atoms with van der Waals surface area (Å²) < 4.78 is 13.8. The smallest absolute Gasteiger partial charge is 0.246 e. The van der Waals surface area contributed by atoms with Gasteiger partial charge in [0.1, 0.15) is 11.9 Å². The minimum Gasteiger partial charge on any atom is -0.374 e. The first-order chi connectivity index (χ1) is 10.7. The molecule has 22 heavy (non-hydrogen) atoms. The van der Waals surface area contributed by atoms with Gasteiger partial charge in [-0.05, 0) is 23.3 Å². The Kier molecular flexibility index (Phi) is 4.19. The van der Waals surface area contributed by atoms with Gasteiger partial charge in [0.25, 0.3) is 0 Å². The zero-order valence-corrected chi connectivity index (χ0v) is 12.1. The Labute approximate surface area is 128 Å². The zero-order chi connectivity index (χ0) is 15.4. The van der Waals surface area contributed by atoms with Crippen LogP contribution in [0.1, 0.15) is 12.0 Å². The Morgan fingerprint density at radius 2 is 2.09 bits per heavy atom. The van der Waals surface area contributed by atoms with E-state index in [0.29, 0.717) is 18.5 Å². The van der Waals surface area contributed by atoms with E-state index in [-0.39, 0.29) is 11.7 Å². The Bertz CT molecular complexity index is 686. The van der Waals surface area contributed by atoms with Gasteiger partial charge in [-0.2, -0.15) is 0 Å². The van der Waals surface area contributed by atoms with E-state index in [1.165, 1.54) is 6.08 Å². The van der Waals surface area contributed by atoms with Gasteiger partial charge in [-0.25, -0.2) is 4.39 Å². The van der Waals surface area contributed by atoms with Crippen molar-refractivity contribution < 1.29 is 9.18 Å². The van der Waals surface area contributed by atoms with Crippen molar-refractivity contribution in [2.45, 2.75) is 19.0 Å². The van der Waals surface area contributed by atoms with E-state index >= 15 is 0 Å². The summed E-state index contributed by atoms with van der Waals surface area (Å²) >= 11 is 0. The molecule has 0 spiro atoms. The maximum Gasteiger partial charge on any atom is 0.246 e. The average Bonchev–Trinajstić information content (AvgIpc) is 2.86. The van der Waals surface area contributed by atoms with E-state index in [1.54, 1.807) is 24.3 Å². The number of amides is 1. The number of fused-ring (bicyclic) bond motifs is 2. The standard InChI is InChI=1S/C18H17FN2O/c19-16-8-4-7-15-11-14(16)9-10-17(21-15)18(22)20-12-13-5-2-1-3-6-13/h1-10,17,21H,11-12H2,(H,20,22). The molecule has 1 aliphatic heterocycles. The lowest BCUT2D eigenvalue weighted by molar-refractivity contribution is -0.122. The molecule has 2 N–H and O–H groups in total. The summed E-state index contributed by atoms with van der Waals surface area (Å²) in [6, 6.07) is 9.23. The minimum atomic E-state index is -0.494. The van der Waals surface area contributed by atoms with Gasteiger partial charge >= 0.3 is 0 Å². The molecule has 0 radical (unpaired) electrons. The number of benzene rings is 1. The van der Waals surface area contributed by atoms with Crippen LogP contribution in [0.15, 0.2) is 77.8 Å². The van der Waals surface area contributed by atoms with Crippen LogP contribution in [0.3, 0.4) is 0 Å². The Balaban J connectivity index is 1.69. The summed E-state index contributed by atoms with van der Waals surface area (Å²) in [6.45, 7) is 0.474. The van der Waals surface area contributed by atoms with Gasteiger partial charge in [0.15, 0.2) is 0 Å². The third kappa shape index (κ3) is 3.34. The van der Waals surface area contributed by atoms with E-state index < -0.39 is 6.04 Å². The highest BCUT2D eigenvalue weighted by molar-refractivity contribution is 5.84. The lowest BCUT2D eigenvalue weighted by atomic mass is 10.1. The maximum absolute atomic E-state index is 13.8. The highest BCUT2D eigenvalue weighted by atomic mass is 19.1. The molecule has 3 rings (SSSR count). The van der Waals surface area contributed by atoms with Crippen molar-refractivity contribution in [3.05, 3.63) is 83.4 Å². The van der Waals surface area contributed by atoms with Gasteiger partial charge in [0, 0.05) is 18.7 Å². The fourth-order valence-electron chi connectivity index (χ4n) is 2.45. The molecule has 1 amide bonds. The first-order valence-corrected chi connectivity index (χ1v) is 7.24. The van der Waals surface area contributed by atoms with Crippen LogP contribution in [-0.2, 0) is 11.3 Å². The molecule has 2 bridgehead atoms. The molecular weight excluding hydrogens is 279 g/mol. The van der Waals surface area contributed by atoms with Gasteiger partial charge in [0.2, 0.25) is 5.91 Å². The Hall–Kier alpha value is -2.62. The second kappa shape index (κ2) is 6.43. The topological polar surface area (TPSA) is 41.1 Å². The number of halogens is 1. The summed E-state index contributed by atoms with van der Waals surface area (Å²) in [7, 11) is 0. The monoisotopic (exact) mass is 296 g/mol. The number of carbonyl (C=O) groups is 1. The normalized spacial score (nSPS) is 19.9. The zero-order valence-electron chi connectivity index (χ0n) is 12.1. The average molecular weight is 296 g/mol. The summed E-state index contributed by atoms with van der Waals surface area (Å²) in [5, 5.41) is 6.05. The molecule has 1 unspecified atom stereocenters. The number of hydrogen-bond acceptors (Lipinski definition) is 2. The van der Waals surface area contributed by atoms with Crippen LogP contribution in [0.2, 0.25) is 0 Å². The fourth-order valence-corrected chi connectivity index (χ4v) is 2.45. The van der Waals surface area contributed by atoms with Crippen molar-refractivity contribution in [3.8, 4) is 0 Å². The maximum atomic E-state index is 13.8. The molecule has 2 aliphatic rings. The summed E-state index contributed by atoms with van der Waals surface area (Å²) in [5.41, 5.74) is 2.47. The lowest BCUT2D eigenvalue weighted by Gasteiger charge is -2.16. The third-order valence-electron chi connectivity index (χ3n) is 3.65. The molecule has 1 aliphatic carbocycles. The van der Waals surface area contributed by atoms with E-state index in [1.807, 2.05) is 30.3 Å². The van der Waals surface area contributed by atoms with Crippen LogP contribution in [0.4, 0.5) is 4.39 Å². The van der Waals surface area contributed by atoms with Crippen molar-refractivity contribution in [2.24, 2.45) is 0 Å². The molecule has 3 nitrogen and oxygen atoms in total. The molecule has 0 saturated heterocycles. The van der Waals surface area contributed by atoms with Crippen molar-refractivity contribution in [1.82, 2.24) is 10.6 Å². The SMILES string of the molecule is O=C(NCc1ccccc1)C1C=CC2=C(F)C=CC=C(C2)N1. The number of nitrogens with one attached hydrogen (secondary N) is 2. The molecule has 1 aromatic rings. The molecule has 1 aromatic carbocycles. The highest BCUT2D eigenvalue weighted by Crippen LogP contribution is 2.23. The minimum absolute atomic E-state index is 0.128. The summed E-state index contributed by atoms with van der Waals surface area (Å²) in [4.78, 5) is 12.3. The van der Waals surface area contributed by atoms with E-state index in [9.17, 15) is 9.18 Å². The van der Waals surface area contributed by atoms with E-state index in [0.717, 1.165) is 11.3 Å². The highest BCUT2D eigenvalue weighted by Gasteiger charge is 2.20. The van der Waals surface area contributed by atoms with Gasteiger partial charge in [0.05, 0.1) is 0 Å². The van der Waals surface area contributed by atoms with Crippen LogP contribution in [0, 0.1) is 0 Å². The van der Waals surface area contributed by atoms with Crippen LogP contribution in [0.25, 0.3) is 0 Å². The lowest BCUT2D eigenvalue weighted by Crippen LogP contribution is -2.41. The van der Waals surface area contributed by atoms with Crippen LogP contribution >= 0.6 is 0 Å². The molecule has 112 valence electrons. The first-order valence-electron chi connectivity index (χ1n) is 7.24. The molecular formula is C18H17FN2O. The van der Waals surface area contributed by atoms with Gasteiger partial charge in [-0.1, -0.05) is 48.6 Å². The molecule has 1 heterocycles. The predicted molar refractivity (Wildman–Crippen MR) is 84.3 cm³/mol.